The molecule has 5 nitrogen and oxygen atoms in total. The molecule has 0 aliphatic carbocycles. The van der Waals surface area contributed by atoms with Crippen LogP contribution in [0.3, 0.4) is 0 Å². The van der Waals surface area contributed by atoms with Gasteiger partial charge in [-0.2, -0.15) is 0 Å². The van der Waals surface area contributed by atoms with Gasteiger partial charge < -0.3 is 10.6 Å². The highest BCUT2D eigenvalue weighted by Gasteiger charge is 2.26. The Labute approximate surface area is 114 Å². The number of benzene rings is 1. The first-order valence-electron chi connectivity index (χ1n) is 6.59. The van der Waals surface area contributed by atoms with Gasteiger partial charge in [0.25, 0.3) is 0 Å². The monoisotopic (exact) mass is 283 g/mol. The number of sulfonamides is 1. The first-order valence-corrected chi connectivity index (χ1v) is 8.13. The molecule has 4 N–H and O–H groups in total. The summed E-state index contributed by atoms with van der Waals surface area (Å²) < 4.78 is 23.3. The quantitative estimate of drug-likeness (QED) is 0.820. The predicted molar refractivity (Wildman–Crippen MR) is 77.5 cm³/mol. The summed E-state index contributed by atoms with van der Waals surface area (Å²) in [6.45, 7) is 3.93. The van der Waals surface area contributed by atoms with Crippen molar-refractivity contribution in [1.29, 1.82) is 0 Å². The molecule has 0 bridgehead atoms. The minimum absolute atomic E-state index is 0.129. The minimum atomic E-state index is -3.74. The zero-order valence-electron chi connectivity index (χ0n) is 11.2. The summed E-state index contributed by atoms with van der Waals surface area (Å²) in [5.41, 5.74) is 6.75. The summed E-state index contributed by atoms with van der Waals surface area (Å²) in [5, 5.41) is 5.28. The summed E-state index contributed by atoms with van der Waals surface area (Å²) in [5.74, 6) is 0.635. The van der Waals surface area contributed by atoms with Crippen LogP contribution in [-0.4, -0.2) is 21.5 Å². The van der Waals surface area contributed by atoms with E-state index in [9.17, 15) is 8.42 Å². The molecule has 0 aromatic heterocycles. The number of nitrogens with two attached hydrogens (primary N) is 2. The van der Waals surface area contributed by atoms with E-state index < -0.39 is 10.0 Å². The van der Waals surface area contributed by atoms with E-state index in [1.807, 2.05) is 0 Å². The normalized spacial score (nSPS) is 19.9. The van der Waals surface area contributed by atoms with Gasteiger partial charge in [0.05, 0.1) is 5.69 Å². The zero-order valence-corrected chi connectivity index (χ0v) is 12.0. The van der Waals surface area contributed by atoms with E-state index in [0.717, 1.165) is 25.9 Å². The van der Waals surface area contributed by atoms with Gasteiger partial charge in [-0.1, -0.05) is 13.3 Å². The van der Waals surface area contributed by atoms with Crippen molar-refractivity contribution in [3.63, 3.8) is 0 Å². The highest BCUT2D eigenvalue weighted by Crippen LogP contribution is 2.32. The third kappa shape index (κ3) is 3.19. The largest absolute Gasteiger partial charge is 0.399 e. The van der Waals surface area contributed by atoms with Crippen LogP contribution in [0.25, 0.3) is 0 Å². The molecule has 1 atom stereocenters. The summed E-state index contributed by atoms with van der Waals surface area (Å²) in [6.07, 6.45) is 3.43. The molecule has 0 radical (unpaired) electrons. The predicted octanol–water partition coefficient (Wildman–Crippen LogP) is 1.54. The maximum Gasteiger partial charge on any atom is 0.240 e. The molecule has 0 amide bonds. The molecule has 0 spiro atoms. The molecule has 0 saturated carbocycles. The molecule has 2 rings (SSSR count). The molecule has 1 aliphatic heterocycles. The fourth-order valence-electron chi connectivity index (χ4n) is 2.72. The van der Waals surface area contributed by atoms with Crippen LogP contribution in [0.1, 0.15) is 26.2 Å². The molecular weight excluding hydrogens is 262 g/mol. The third-order valence-electron chi connectivity index (χ3n) is 3.61. The molecule has 1 aromatic rings. The molecule has 1 aromatic carbocycles. The van der Waals surface area contributed by atoms with Gasteiger partial charge in [0, 0.05) is 18.8 Å². The topological polar surface area (TPSA) is 89.4 Å². The molecule has 1 heterocycles. The molecule has 1 aliphatic rings. The maximum atomic E-state index is 11.7. The van der Waals surface area contributed by atoms with Gasteiger partial charge in [-0.3, -0.25) is 0 Å². The van der Waals surface area contributed by atoms with E-state index >= 15 is 0 Å². The Kier molecular flexibility index (Phi) is 4.01. The number of hydrogen-bond acceptors (Lipinski definition) is 4. The summed E-state index contributed by atoms with van der Waals surface area (Å²) in [7, 11) is -3.74. The molecule has 106 valence electrons. The van der Waals surface area contributed by atoms with Gasteiger partial charge in [0.2, 0.25) is 10.0 Å². The second-order valence-corrected chi connectivity index (χ2v) is 6.69. The standard InChI is InChI=1S/C13H21N3O2S/c1-2-3-10-6-7-16(9-10)12-5-4-11(14)8-13(12)19(15,17)18/h4-5,8,10H,2-3,6-7,9,14H2,1H3,(H2,15,17,18). The Hall–Kier alpha value is -1.27. The van der Waals surface area contributed by atoms with Crippen LogP contribution in [0.15, 0.2) is 23.1 Å². The lowest BCUT2D eigenvalue weighted by atomic mass is 10.0. The van der Waals surface area contributed by atoms with Crippen molar-refractivity contribution < 1.29 is 8.42 Å². The number of primary sulfonamides is 1. The Bertz CT molecular complexity index is 557. The second-order valence-electron chi connectivity index (χ2n) is 5.16. The first kappa shape index (κ1) is 14.1. The molecular formula is C13H21N3O2S. The van der Waals surface area contributed by atoms with Crippen LogP contribution in [0.5, 0.6) is 0 Å². The lowest BCUT2D eigenvalue weighted by Gasteiger charge is -2.21. The van der Waals surface area contributed by atoms with Crippen molar-refractivity contribution >= 4 is 21.4 Å². The minimum Gasteiger partial charge on any atom is -0.399 e. The lowest BCUT2D eigenvalue weighted by Crippen LogP contribution is -2.24. The number of nitrogen functional groups attached to an aromatic ring is 1. The zero-order chi connectivity index (χ0) is 14.0. The fourth-order valence-corrected chi connectivity index (χ4v) is 3.50. The molecule has 1 saturated heterocycles. The average Bonchev–Trinajstić information content (AvgIpc) is 2.77. The SMILES string of the molecule is CCCC1CCN(c2ccc(N)cc2S(N)(=O)=O)C1. The van der Waals surface area contributed by atoms with Crippen LogP contribution >= 0.6 is 0 Å². The Morgan fingerprint density at radius 2 is 2.16 bits per heavy atom. The first-order chi connectivity index (χ1) is 8.91. The van der Waals surface area contributed by atoms with E-state index in [4.69, 9.17) is 10.9 Å². The number of anilines is 2. The van der Waals surface area contributed by atoms with Gasteiger partial charge in [0.1, 0.15) is 4.90 Å². The lowest BCUT2D eigenvalue weighted by molar-refractivity contribution is 0.529. The van der Waals surface area contributed by atoms with Crippen LogP contribution in [0.4, 0.5) is 11.4 Å². The van der Waals surface area contributed by atoms with Crippen LogP contribution in [-0.2, 0) is 10.0 Å². The van der Waals surface area contributed by atoms with E-state index in [1.165, 1.54) is 12.5 Å². The van der Waals surface area contributed by atoms with E-state index in [0.29, 0.717) is 17.3 Å². The van der Waals surface area contributed by atoms with Gasteiger partial charge >= 0.3 is 0 Å². The molecule has 1 unspecified atom stereocenters. The van der Waals surface area contributed by atoms with Crippen molar-refractivity contribution in [3.05, 3.63) is 18.2 Å². The van der Waals surface area contributed by atoms with Crippen LogP contribution in [0.2, 0.25) is 0 Å². The van der Waals surface area contributed by atoms with E-state index in [2.05, 4.69) is 11.8 Å². The average molecular weight is 283 g/mol. The highest BCUT2D eigenvalue weighted by atomic mass is 32.2. The Morgan fingerprint density at radius 1 is 1.42 bits per heavy atom. The van der Waals surface area contributed by atoms with Crippen molar-refractivity contribution in [2.45, 2.75) is 31.1 Å². The number of hydrogen-bond donors (Lipinski definition) is 2. The molecule has 19 heavy (non-hydrogen) atoms. The van der Waals surface area contributed by atoms with E-state index in [-0.39, 0.29) is 4.90 Å². The molecule has 1 fully saturated rings. The second kappa shape index (κ2) is 5.38. The Balaban J connectivity index is 2.31. The van der Waals surface area contributed by atoms with Crippen molar-refractivity contribution in [2.75, 3.05) is 23.7 Å². The third-order valence-corrected chi connectivity index (χ3v) is 4.55. The summed E-state index contributed by atoms with van der Waals surface area (Å²) in [4.78, 5) is 2.23. The van der Waals surface area contributed by atoms with Crippen molar-refractivity contribution in [1.82, 2.24) is 0 Å². The van der Waals surface area contributed by atoms with Gasteiger partial charge in [-0.05, 0) is 37.0 Å². The van der Waals surface area contributed by atoms with Gasteiger partial charge in [-0.25, -0.2) is 13.6 Å². The van der Waals surface area contributed by atoms with Crippen LogP contribution in [0, 0.1) is 5.92 Å². The van der Waals surface area contributed by atoms with Gasteiger partial charge in [-0.15, -0.1) is 0 Å². The summed E-state index contributed by atoms with van der Waals surface area (Å²) in [6, 6.07) is 4.92. The van der Waals surface area contributed by atoms with E-state index in [1.54, 1.807) is 12.1 Å². The smallest absolute Gasteiger partial charge is 0.240 e. The maximum absolute atomic E-state index is 11.7. The number of nitrogens with zero attached hydrogens (tertiary/aromatic N) is 1. The Morgan fingerprint density at radius 3 is 2.79 bits per heavy atom. The highest BCUT2D eigenvalue weighted by molar-refractivity contribution is 7.89. The summed E-state index contributed by atoms with van der Waals surface area (Å²) >= 11 is 0. The van der Waals surface area contributed by atoms with Crippen molar-refractivity contribution in [3.8, 4) is 0 Å². The fraction of sp³-hybridized carbons (Fsp3) is 0.538. The van der Waals surface area contributed by atoms with Crippen molar-refractivity contribution in [2.24, 2.45) is 11.1 Å². The number of rotatable bonds is 4. The van der Waals surface area contributed by atoms with Crippen LogP contribution < -0.4 is 15.8 Å². The molecule has 6 heteroatoms. The van der Waals surface area contributed by atoms with Gasteiger partial charge in [0.15, 0.2) is 0 Å².